The summed E-state index contributed by atoms with van der Waals surface area (Å²) in [6.45, 7) is 1.58. The van der Waals surface area contributed by atoms with Gasteiger partial charge in [-0.05, 0) is 49.4 Å². The highest BCUT2D eigenvalue weighted by atomic mass is 79.9. The van der Waals surface area contributed by atoms with Crippen LogP contribution in [0, 0.1) is 6.92 Å². The summed E-state index contributed by atoms with van der Waals surface area (Å²) in [6.07, 6.45) is 0. The Kier molecular flexibility index (Phi) is 4.55. The minimum absolute atomic E-state index is 0.104. The first-order valence-corrected chi connectivity index (χ1v) is 9.35. The molecule has 0 saturated carbocycles. The number of benzene rings is 2. The Morgan fingerprint density at radius 2 is 1.84 bits per heavy atom. The molecule has 25 heavy (non-hydrogen) atoms. The fourth-order valence-corrected chi connectivity index (χ4v) is 3.76. The van der Waals surface area contributed by atoms with E-state index in [1.165, 1.54) is 24.3 Å². The van der Waals surface area contributed by atoms with Crippen molar-refractivity contribution in [3.63, 3.8) is 0 Å². The molecule has 3 N–H and O–H groups in total. The molecule has 0 aliphatic rings. The third kappa shape index (κ3) is 3.39. The van der Waals surface area contributed by atoms with Gasteiger partial charge in [-0.2, -0.15) is 0 Å². The fraction of sp³-hybridized carbons (Fsp3) is 0.0625. The SMILES string of the molecule is Cc1oc2ccc(NS(=O)(=O)c3ccc(Br)cc3)cc2c1C(=O)NO. The van der Waals surface area contributed by atoms with E-state index in [-0.39, 0.29) is 16.1 Å². The summed E-state index contributed by atoms with van der Waals surface area (Å²) in [5.74, 6) is -0.418. The minimum atomic E-state index is -3.78. The highest BCUT2D eigenvalue weighted by Gasteiger charge is 2.20. The van der Waals surface area contributed by atoms with Gasteiger partial charge in [-0.25, -0.2) is 13.9 Å². The molecule has 0 aliphatic heterocycles. The average Bonchev–Trinajstić information content (AvgIpc) is 2.89. The molecule has 7 nitrogen and oxygen atoms in total. The average molecular weight is 425 g/mol. The normalized spacial score (nSPS) is 11.5. The van der Waals surface area contributed by atoms with Crippen LogP contribution in [0.2, 0.25) is 0 Å². The van der Waals surface area contributed by atoms with E-state index in [1.54, 1.807) is 30.6 Å². The van der Waals surface area contributed by atoms with Crippen LogP contribution in [-0.4, -0.2) is 19.5 Å². The number of hydrogen-bond acceptors (Lipinski definition) is 5. The number of fused-ring (bicyclic) bond motifs is 1. The van der Waals surface area contributed by atoms with Crippen LogP contribution in [0.15, 0.2) is 56.2 Å². The van der Waals surface area contributed by atoms with E-state index in [2.05, 4.69) is 20.7 Å². The van der Waals surface area contributed by atoms with E-state index in [0.717, 1.165) is 4.47 Å². The molecule has 0 bridgehead atoms. The van der Waals surface area contributed by atoms with Crippen molar-refractivity contribution in [2.75, 3.05) is 4.72 Å². The van der Waals surface area contributed by atoms with Crippen LogP contribution in [0.1, 0.15) is 16.1 Å². The second kappa shape index (κ2) is 6.51. The summed E-state index contributed by atoms with van der Waals surface area (Å²) in [7, 11) is -3.78. The Morgan fingerprint density at radius 3 is 2.48 bits per heavy atom. The van der Waals surface area contributed by atoms with Crippen LogP contribution < -0.4 is 10.2 Å². The van der Waals surface area contributed by atoms with E-state index in [9.17, 15) is 13.2 Å². The molecule has 0 spiro atoms. The first-order chi connectivity index (χ1) is 11.8. The van der Waals surface area contributed by atoms with Crippen LogP contribution in [-0.2, 0) is 10.0 Å². The van der Waals surface area contributed by atoms with Crippen molar-refractivity contribution in [2.24, 2.45) is 0 Å². The maximum absolute atomic E-state index is 12.5. The van der Waals surface area contributed by atoms with Crippen molar-refractivity contribution >= 4 is 48.5 Å². The van der Waals surface area contributed by atoms with Crippen molar-refractivity contribution in [3.05, 3.63) is 58.3 Å². The highest BCUT2D eigenvalue weighted by molar-refractivity contribution is 9.10. The summed E-state index contributed by atoms with van der Waals surface area (Å²) in [5, 5.41) is 9.25. The van der Waals surface area contributed by atoms with Gasteiger partial charge < -0.3 is 4.42 Å². The van der Waals surface area contributed by atoms with Gasteiger partial charge in [0.25, 0.3) is 15.9 Å². The molecule has 1 aromatic heterocycles. The number of hydroxylamine groups is 1. The first kappa shape index (κ1) is 17.5. The Balaban J connectivity index is 2.02. The van der Waals surface area contributed by atoms with Gasteiger partial charge in [0.15, 0.2) is 0 Å². The zero-order valence-corrected chi connectivity index (χ0v) is 15.3. The van der Waals surface area contributed by atoms with E-state index >= 15 is 0 Å². The van der Waals surface area contributed by atoms with Gasteiger partial charge >= 0.3 is 0 Å². The predicted octanol–water partition coefficient (Wildman–Crippen LogP) is 3.42. The maximum atomic E-state index is 12.5. The third-order valence-electron chi connectivity index (χ3n) is 3.57. The lowest BCUT2D eigenvalue weighted by molar-refractivity contribution is 0.0706. The summed E-state index contributed by atoms with van der Waals surface area (Å²) < 4.78 is 33.6. The van der Waals surface area contributed by atoms with Gasteiger partial charge in [-0.1, -0.05) is 15.9 Å². The number of amides is 1. The van der Waals surface area contributed by atoms with Crippen molar-refractivity contribution < 1.29 is 22.8 Å². The lowest BCUT2D eigenvalue weighted by atomic mass is 10.1. The van der Waals surface area contributed by atoms with Crippen molar-refractivity contribution in [2.45, 2.75) is 11.8 Å². The number of furan rings is 1. The Labute approximate surface area is 151 Å². The molecule has 130 valence electrons. The van der Waals surface area contributed by atoms with Crippen molar-refractivity contribution in [1.82, 2.24) is 5.48 Å². The molecule has 2 aromatic carbocycles. The largest absolute Gasteiger partial charge is 0.461 e. The molecule has 3 rings (SSSR count). The van der Waals surface area contributed by atoms with Gasteiger partial charge in [-0.15, -0.1) is 0 Å². The minimum Gasteiger partial charge on any atom is -0.461 e. The van der Waals surface area contributed by atoms with E-state index in [4.69, 9.17) is 9.62 Å². The molecule has 1 heterocycles. The van der Waals surface area contributed by atoms with E-state index in [1.807, 2.05) is 0 Å². The summed E-state index contributed by atoms with van der Waals surface area (Å²) >= 11 is 3.25. The predicted molar refractivity (Wildman–Crippen MR) is 95.2 cm³/mol. The van der Waals surface area contributed by atoms with Crippen LogP contribution in [0.25, 0.3) is 11.0 Å². The fourth-order valence-electron chi connectivity index (χ4n) is 2.45. The molecule has 0 unspecified atom stereocenters. The monoisotopic (exact) mass is 424 g/mol. The molecule has 3 aromatic rings. The number of sulfonamides is 1. The Morgan fingerprint density at radius 1 is 1.16 bits per heavy atom. The lowest BCUT2D eigenvalue weighted by Gasteiger charge is -2.08. The Bertz CT molecular complexity index is 1060. The molecule has 0 fully saturated rings. The zero-order valence-electron chi connectivity index (χ0n) is 12.9. The molecule has 0 atom stereocenters. The third-order valence-corrected chi connectivity index (χ3v) is 5.49. The molecule has 0 saturated heterocycles. The van der Waals surface area contributed by atoms with Crippen molar-refractivity contribution in [1.29, 1.82) is 0 Å². The maximum Gasteiger partial charge on any atom is 0.278 e. The highest BCUT2D eigenvalue weighted by Crippen LogP contribution is 2.29. The molecule has 1 amide bonds. The number of carbonyl (C=O) groups is 1. The van der Waals surface area contributed by atoms with Gasteiger partial charge in [0, 0.05) is 15.5 Å². The van der Waals surface area contributed by atoms with Gasteiger partial charge in [0.05, 0.1) is 10.5 Å². The zero-order chi connectivity index (χ0) is 18.2. The number of anilines is 1. The topological polar surface area (TPSA) is 109 Å². The lowest BCUT2D eigenvalue weighted by Crippen LogP contribution is -2.19. The summed E-state index contributed by atoms with van der Waals surface area (Å²) in [4.78, 5) is 11.9. The number of rotatable bonds is 4. The van der Waals surface area contributed by atoms with Crippen LogP contribution in [0.4, 0.5) is 5.69 Å². The molecular weight excluding hydrogens is 412 g/mol. The molecule has 0 aliphatic carbocycles. The van der Waals surface area contributed by atoms with Crippen LogP contribution in [0.3, 0.4) is 0 Å². The van der Waals surface area contributed by atoms with Gasteiger partial charge in [0.2, 0.25) is 0 Å². The van der Waals surface area contributed by atoms with Gasteiger partial charge in [-0.3, -0.25) is 14.7 Å². The first-order valence-electron chi connectivity index (χ1n) is 7.08. The van der Waals surface area contributed by atoms with E-state index < -0.39 is 15.9 Å². The van der Waals surface area contributed by atoms with Crippen LogP contribution in [0.5, 0.6) is 0 Å². The van der Waals surface area contributed by atoms with Crippen molar-refractivity contribution in [3.8, 4) is 0 Å². The molecule has 9 heteroatoms. The summed E-state index contributed by atoms with van der Waals surface area (Å²) in [6, 6.07) is 10.8. The molecular formula is C16H13BrN2O5S. The number of hydrogen-bond donors (Lipinski definition) is 3. The van der Waals surface area contributed by atoms with E-state index in [0.29, 0.717) is 16.7 Å². The number of nitrogens with one attached hydrogen (secondary N) is 2. The molecule has 0 radical (unpaired) electrons. The number of carbonyl (C=O) groups excluding carboxylic acids is 1. The van der Waals surface area contributed by atoms with Crippen LogP contribution >= 0.6 is 15.9 Å². The smallest absolute Gasteiger partial charge is 0.278 e. The van der Waals surface area contributed by atoms with Gasteiger partial charge in [0.1, 0.15) is 11.3 Å². The standard InChI is InChI=1S/C16H13BrN2O5S/c1-9-15(16(20)18-21)13-8-11(4-7-14(13)24-9)19-25(22,23)12-5-2-10(17)3-6-12/h2-8,19,21H,1H3,(H,18,20). The quantitative estimate of drug-likeness (QED) is 0.439. The second-order valence-corrected chi connectivity index (χ2v) is 7.84. The number of halogens is 1. The Hall–Kier alpha value is -2.36. The summed E-state index contributed by atoms with van der Waals surface area (Å²) in [5.41, 5.74) is 2.37. The second-order valence-electron chi connectivity index (χ2n) is 5.24. The number of aryl methyl sites for hydroxylation is 1.